The minimum absolute atomic E-state index is 0.0678. The van der Waals surface area contributed by atoms with Crippen molar-refractivity contribution in [2.45, 2.75) is 19.0 Å². The molecule has 1 aliphatic heterocycles. The molecule has 0 spiro atoms. The van der Waals surface area contributed by atoms with E-state index in [9.17, 15) is 0 Å². The van der Waals surface area contributed by atoms with Crippen LogP contribution in [0.1, 0.15) is 16.9 Å². The van der Waals surface area contributed by atoms with Crippen molar-refractivity contribution >= 4 is 11.3 Å². The van der Waals surface area contributed by atoms with Gasteiger partial charge in [0.15, 0.2) is 0 Å². The van der Waals surface area contributed by atoms with Crippen LogP contribution < -0.4 is 0 Å². The van der Waals surface area contributed by atoms with Gasteiger partial charge >= 0.3 is 0 Å². The summed E-state index contributed by atoms with van der Waals surface area (Å²) in [5.74, 6) is 5.75. The normalized spacial score (nSPS) is 20.1. The van der Waals surface area contributed by atoms with Gasteiger partial charge in [-0.15, -0.1) is 11.3 Å². The Balaban J connectivity index is 1.96. The number of hydrogen-bond donors (Lipinski definition) is 1. The first-order chi connectivity index (χ1) is 8.70. The summed E-state index contributed by atoms with van der Waals surface area (Å²) in [5.41, 5.74) is 1.07. The fourth-order valence-corrected chi connectivity index (χ4v) is 3.16. The van der Waals surface area contributed by atoms with Gasteiger partial charge in [0, 0.05) is 36.1 Å². The number of rotatable bonds is 3. The van der Waals surface area contributed by atoms with Crippen molar-refractivity contribution in [1.29, 1.82) is 0 Å². The molecule has 1 aromatic heterocycles. The number of likely N-dealkylation sites (N-methyl/N-ethyl adjacent to an activating group) is 1. The van der Waals surface area contributed by atoms with Crippen molar-refractivity contribution in [1.82, 2.24) is 9.80 Å². The lowest BCUT2D eigenvalue weighted by molar-refractivity contribution is 0.266. The summed E-state index contributed by atoms with van der Waals surface area (Å²) in [5, 5.41) is 10.8. The fourth-order valence-electron chi connectivity index (χ4n) is 2.29. The quantitative estimate of drug-likeness (QED) is 0.832. The van der Waals surface area contributed by atoms with Gasteiger partial charge in [0.05, 0.1) is 0 Å². The van der Waals surface area contributed by atoms with Crippen molar-refractivity contribution in [3.05, 3.63) is 21.9 Å². The van der Waals surface area contributed by atoms with Gasteiger partial charge in [-0.05, 0) is 32.0 Å². The number of hydrogen-bond acceptors (Lipinski definition) is 4. The highest BCUT2D eigenvalue weighted by Gasteiger charge is 2.24. The molecule has 0 aliphatic carbocycles. The third-order valence-electron chi connectivity index (χ3n) is 3.39. The van der Waals surface area contributed by atoms with Crippen LogP contribution in [0.3, 0.4) is 0 Å². The van der Waals surface area contributed by atoms with Gasteiger partial charge in [0.1, 0.15) is 6.61 Å². The van der Waals surface area contributed by atoms with Crippen LogP contribution in [0.2, 0.25) is 0 Å². The predicted molar refractivity (Wildman–Crippen MR) is 75.7 cm³/mol. The molecule has 3 nitrogen and oxygen atoms in total. The van der Waals surface area contributed by atoms with Crippen molar-refractivity contribution in [3.63, 3.8) is 0 Å². The van der Waals surface area contributed by atoms with E-state index in [1.165, 1.54) is 11.3 Å². The summed E-state index contributed by atoms with van der Waals surface area (Å²) < 4.78 is 0. The molecule has 1 N–H and O–H groups in total. The van der Waals surface area contributed by atoms with Crippen molar-refractivity contribution in [2.75, 3.05) is 33.8 Å². The molecule has 0 saturated carbocycles. The van der Waals surface area contributed by atoms with E-state index < -0.39 is 0 Å². The summed E-state index contributed by atoms with van der Waals surface area (Å²) >= 11 is 1.76. The number of thiophene rings is 1. The molecular weight excluding hydrogens is 244 g/mol. The van der Waals surface area contributed by atoms with Crippen LogP contribution in [-0.4, -0.2) is 54.7 Å². The van der Waals surface area contributed by atoms with Crippen LogP contribution in [0.15, 0.2) is 11.4 Å². The van der Waals surface area contributed by atoms with Crippen LogP contribution in [0.5, 0.6) is 0 Å². The third kappa shape index (κ3) is 3.33. The van der Waals surface area contributed by atoms with Gasteiger partial charge in [0.25, 0.3) is 0 Å². The van der Waals surface area contributed by atoms with E-state index in [1.807, 2.05) is 6.07 Å². The fraction of sp³-hybridized carbons (Fsp3) is 0.571. The smallest absolute Gasteiger partial charge is 0.104 e. The summed E-state index contributed by atoms with van der Waals surface area (Å²) in [7, 11) is 4.30. The largest absolute Gasteiger partial charge is 0.384 e. The van der Waals surface area contributed by atoms with Gasteiger partial charge in [-0.25, -0.2) is 0 Å². The highest BCUT2D eigenvalue weighted by molar-refractivity contribution is 7.10. The predicted octanol–water partition coefficient (Wildman–Crippen LogP) is 1.23. The Morgan fingerprint density at radius 3 is 3.06 bits per heavy atom. The molecule has 18 heavy (non-hydrogen) atoms. The Labute approximate surface area is 113 Å². The monoisotopic (exact) mass is 264 g/mol. The van der Waals surface area contributed by atoms with Crippen molar-refractivity contribution in [3.8, 4) is 11.8 Å². The minimum atomic E-state index is -0.0678. The molecule has 4 heteroatoms. The molecule has 1 atom stereocenters. The van der Waals surface area contributed by atoms with E-state index >= 15 is 0 Å². The first-order valence-corrected chi connectivity index (χ1v) is 7.13. The van der Waals surface area contributed by atoms with Gasteiger partial charge in [0.2, 0.25) is 0 Å². The van der Waals surface area contributed by atoms with E-state index in [0.717, 1.165) is 25.2 Å². The molecule has 0 radical (unpaired) electrons. The topological polar surface area (TPSA) is 26.7 Å². The average Bonchev–Trinajstić information content (AvgIpc) is 2.96. The summed E-state index contributed by atoms with van der Waals surface area (Å²) in [6.45, 7) is 3.21. The van der Waals surface area contributed by atoms with E-state index in [4.69, 9.17) is 5.11 Å². The summed E-state index contributed by atoms with van der Waals surface area (Å²) in [6, 6.07) is 2.72. The molecule has 0 aromatic carbocycles. The standard InChI is InChI=1S/C14H20N2OS/c1-15(2)13-5-7-16(10-13)11-14-12(4-3-8-17)6-9-18-14/h6,9,13,17H,5,7-8,10-11H2,1-2H3. The van der Waals surface area contributed by atoms with E-state index in [1.54, 1.807) is 11.3 Å². The van der Waals surface area contributed by atoms with Crippen LogP contribution in [0, 0.1) is 11.8 Å². The zero-order valence-corrected chi connectivity index (χ0v) is 11.8. The van der Waals surface area contributed by atoms with E-state index in [-0.39, 0.29) is 6.61 Å². The van der Waals surface area contributed by atoms with E-state index in [2.05, 4.69) is 41.1 Å². The number of aliphatic hydroxyl groups excluding tert-OH is 1. The Morgan fingerprint density at radius 2 is 2.39 bits per heavy atom. The molecule has 1 unspecified atom stereocenters. The number of aliphatic hydroxyl groups is 1. The average molecular weight is 264 g/mol. The Hall–Kier alpha value is -0.860. The van der Waals surface area contributed by atoms with Crippen LogP contribution >= 0.6 is 11.3 Å². The SMILES string of the molecule is CN(C)C1CCN(Cc2sccc2C#CCO)C1. The summed E-state index contributed by atoms with van der Waals surface area (Å²) in [6.07, 6.45) is 1.25. The maximum absolute atomic E-state index is 8.75. The third-order valence-corrected chi connectivity index (χ3v) is 4.30. The molecule has 2 rings (SSSR count). The highest BCUT2D eigenvalue weighted by Crippen LogP contribution is 2.22. The molecule has 98 valence electrons. The molecule has 1 saturated heterocycles. The lowest BCUT2D eigenvalue weighted by Crippen LogP contribution is -2.31. The molecule has 1 fully saturated rings. The van der Waals surface area contributed by atoms with Crippen molar-refractivity contribution < 1.29 is 5.11 Å². The number of nitrogens with zero attached hydrogens (tertiary/aromatic N) is 2. The van der Waals surface area contributed by atoms with E-state index in [0.29, 0.717) is 6.04 Å². The van der Waals surface area contributed by atoms with Crippen LogP contribution in [-0.2, 0) is 6.54 Å². The van der Waals surface area contributed by atoms with Gasteiger partial charge in [-0.1, -0.05) is 11.8 Å². The maximum Gasteiger partial charge on any atom is 0.104 e. The minimum Gasteiger partial charge on any atom is -0.384 e. The van der Waals surface area contributed by atoms with Gasteiger partial charge < -0.3 is 10.0 Å². The molecule has 2 heterocycles. The Kier molecular flexibility index (Phi) is 4.79. The molecule has 1 aromatic rings. The van der Waals surface area contributed by atoms with Crippen molar-refractivity contribution in [2.24, 2.45) is 0 Å². The molecular formula is C14H20N2OS. The first kappa shape index (κ1) is 13.6. The van der Waals surface area contributed by atoms with Gasteiger partial charge in [-0.2, -0.15) is 0 Å². The highest BCUT2D eigenvalue weighted by atomic mass is 32.1. The lowest BCUT2D eigenvalue weighted by Gasteiger charge is -2.20. The zero-order chi connectivity index (χ0) is 13.0. The Bertz CT molecular complexity index is 444. The maximum atomic E-state index is 8.75. The van der Waals surface area contributed by atoms with Crippen LogP contribution in [0.4, 0.5) is 0 Å². The second-order valence-electron chi connectivity index (χ2n) is 4.86. The second-order valence-corrected chi connectivity index (χ2v) is 5.86. The second kappa shape index (κ2) is 6.35. The van der Waals surface area contributed by atoms with Crippen LogP contribution in [0.25, 0.3) is 0 Å². The molecule has 0 bridgehead atoms. The molecule has 1 aliphatic rings. The molecule has 0 amide bonds. The lowest BCUT2D eigenvalue weighted by atomic mass is 10.2. The Morgan fingerprint density at radius 1 is 1.56 bits per heavy atom. The summed E-state index contributed by atoms with van der Waals surface area (Å²) in [4.78, 5) is 6.11. The first-order valence-electron chi connectivity index (χ1n) is 6.25. The zero-order valence-electron chi connectivity index (χ0n) is 11.0. The number of likely N-dealkylation sites (tertiary alicyclic amines) is 1. The van der Waals surface area contributed by atoms with Gasteiger partial charge in [-0.3, -0.25) is 4.90 Å².